The van der Waals surface area contributed by atoms with Crippen LogP contribution in [0.25, 0.3) is 6.08 Å². The molecule has 1 N–H and O–H groups in total. The van der Waals surface area contributed by atoms with Gasteiger partial charge in [0, 0.05) is 5.69 Å². The molecule has 0 atom stereocenters. The summed E-state index contributed by atoms with van der Waals surface area (Å²) in [5, 5.41) is 12.1. The number of benzene rings is 2. The van der Waals surface area contributed by atoms with Crippen LogP contribution in [0.2, 0.25) is 0 Å². The van der Waals surface area contributed by atoms with E-state index in [1.807, 2.05) is 25.1 Å². The second-order valence-electron chi connectivity index (χ2n) is 5.74. The predicted octanol–water partition coefficient (Wildman–Crippen LogP) is 3.32. The second kappa shape index (κ2) is 7.62. The van der Waals surface area contributed by atoms with Crippen LogP contribution in [0.15, 0.2) is 42.0 Å². The molecule has 2 aromatic carbocycles. The second-order valence-corrected chi connectivity index (χ2v) is 5.74. The van der Waals surface area contributed by atoms with Crippen molar-refractivity contribution in [3.63, 3.8) is 0 Å². The number of aryl methyl sites for hydroxylation is 1. The number of nitriles is 1. The highest BCUT2D eigenvalue weighted by Crippen LogP contribution is 2.40. The molecule has 1 amide bonds. The molecule has 26 heavy (non-hydrogen) atoms. The van der Waals surface area contributed by atoms with Gasteiger partial charge in [0.25, 0.3) is 5.91 Å². The zero-order valence-corrected chi connectivity index (χ0v) is 14.5. The zero-order valence-electron chi connectivity index (χ0n) is 14.5. The third kappa shape index (κ3) is 3.78. The molecule has 132 valence electrons. The van der Waals surface area contributed by atoms with Crippen LogP contribution in [0.4, 0.5) is 5.69 Å². The van der Waals surface area contributed by atoms with Gasteiger partial charge in [-0.2, -0.15) is 5.26 Å². The average Bonchev–Trinajstić information content (AvgIpc) is 2.67. The summed E-state index contributed by atoms with van der Waals surface area (Å²) in [5.41, 5.74) is 2.30. The van der Waals surface area contributed by atoms with Gasteiger partial charge in [0.2, 0.25) is 5.75 Å². The Kier molecular flexibility index (Phi) is 5.09. The van der Waals surface area contributed by atoms with Gasteiger partial charge < -0.3 is 19.5 Å². The van der Waals surface area contributed by atoms with E-state index in [2.05, 4.69) is 5.32 Å². The van der Waals surface area contributed by atoms with Crippen molar-refractivity contribution in [1.82, 2.24) is 0 Å². The number of amides is 1. The maximum Gasteiger partial charge on any atom is 0.266 e. The molecule has 1 heterocycles. The van der Waals surface area contributed by atoms with Gasteiger partial charge in [0.05, 0.1) is 7.11 Å². The van der Waals surface area contributed by atoms with Gasteiger partial charge in [-0.25, -0.2) is 0 Å². The number of anilines is 1. The molecule has 0 fully saturated rings. The van der Waals surface area contributed by atoms with Crippen LogP contribution in [0.1, 0.15) is 11.1 Å². The van der Waals surface area contributed by atoms with Gasteiger partial charge in [-0.1, -0.05) is 17.7 Å². The molecule has 1 aliphatic rings. The molecule has 0 aliphatic carbocycles. The Labute approximate surface area is 151 Å². The molecule has 6 nitrogen and oxygen atoms in total. The minimum atomic E-state index is -0.481. The summed E-state index contributed by atoms with van der Waals surface area (Å²) in [6, 6.07) is 12.7. The topological polar surface area (TPSA) is 80.6 Å². The highest BCUT2D eigenvalue weighted by Gasteiger charge is 2.19. The Hall–Kier alpha value is -3.46. The Morgan fingerprint density at radius 3 is 2.65 bits per heavy atom. The fourth-order valence-electron chi connectivity index (χ4n) is 2.53. The van der Waals surface area contributed by atoms with Crippen LogP contribution in [-0.2, 0) is 4.79 Å². The number of rotatable bonds is 4. The molecule has 3 rings (SSSR count). The number of nitrogens with zero attached hydrogens (tertiary/aromatic N) is 1. The molecule has 0 bridgehead atoms. The van der Waals surface area contributed by atoms with Gasteiger partial charge in [-0.15, -0.1) is 0 Å². The number of methoxy groups -OCH3 is 1. The van der Waals surface area contributed by atoms with E-state index in [4.69, 9.17) is 14.2 Å². The largest absolute Gasteiger partial charge is 0.493 e. The fraction of sp³-hybridized carbons (Fsp3) is 0.200. The van der Waals surface area contributed by atoms with E-state index in [9.17, 15) is 10.1 Å². The van der Waals surface area contributed by atoms with E-state index in [0.29, 0.717) is 41.7 Å². The number of carbonyl (C=O) groups is 1. The summed E-state index contributed by atoms with van der Waals surface area (Å²) in [5.74, 6) is 1.06. The zero-order chi connectivity index (χ0) is 18.5. The maximum absolute atomic E-state index is 12.4. The average molecular weight is 350 g/mol. The molecule has 0 spiro atoms. The van der Waals surface area contributed by atoms with Crippen molar-refractivity contribution in [2.24, 2.45) is 0 Å². The Bertz CT molecular complexity index is 878. The number of nitrogens with one attached hydrogen (secondary N) is 1. The van der Waals surface area contributed by atoms with Crippen LogP contribution in [0, 0.1) is 18.3 Å². The van der Waals surface area contributed by atoms with Gasteiger partial charge in [-0.3, -0.25) is 4.79 Å². The Morgan fingerprint density at radius 2 is 1.96 bits per heavy atom. The first-order valence-corrected chi connectivity index (χ1v) is 8.08. The van der Waals surface area contributed by atoms with E-state index in [-0.39, 0.29) is 5.57 Å². The van der Waals surface area contributed by atoms with E-state index >= 15 is 0 Å². The van der Waals surface area contributed by atoms with E-state index < -0.39 is 5.91 Å². The summed E-state index contributed by atoms with van der Waals surface area (Å²) >= 11 is 0. The summed E-state index contributed by atoms with van der Waals surface area (Å²) in [7, 11) is 1.52. The third-order valence-electron chi connectivity index (χ3n) is 3.84. The molecular weight excluding hydrogens is 332 g/mol. The van der Waals surface area contributed by atoms with Crippen molar-refractivity contribution >= 4 is 17.7 Å². The third-order valence-corrected chi connectivity index (χ3v) is 3.84. The van der Waals surface area contributed by atoms with Crippen LogP contribution in [-0.4, -0.2) is 26.2 Å². The molecular formula is C20H18N2O4. The number of carbonyl (C=O) groups excluding carboxylic acids is 1. The van der Waals surface area contributed by atoms with Crippen molar-refractivity contribution < 1.29 is 19.0 Å². The quantitative estimate of drug-likeness (QED) is 0.676. The van der Waals surface area contributed by atoms with Crippen LogP contribution < -0.4 is 19.5 Å². The SMILES string of the molecule is COc1cc(/C=C(\C#N)C(=O)Nc2ccc(C)cc2)cc2c1OCCO2. The molecule has 2 aromatic rings. The molecule has 0 saturated heterocycles. The molecule has 0 saturated carbocycles. The molecule has 0 unspecified atom stereocenters. The summed E-state index contributed by atoms with van der Waals surface area (Å²) in [6.07, 6.45) is 1.49. The molecule has 0 radical (unpaired) electrons. The first-order valence-electron chi connectivity index (χ1n) is 8.08. The Balaban J connectivity index is 1.87. The molecule has 1 aliphatic heterocycles. The van der Waals surface area contributed by atoms with E-state index in [1.165, 1.54) is 13.2 Å². The highest BCUT2D eigenvalue weighted by molar-refractivity contribution is 6.09. The minimum Gasteiger partial charge on any atom is -0.493 e. The standard InChI is InChI=1S/C20H18N2O4/c1-13-3-5-16(6-4-13)22-20(23)15(12-21)9-14-10-17(24-2)19-18(11-14)25-7-8-26-19/h3-6,9-11H,7-8H2,1-2H3,(H,22,23)/b15-9+. The lowest BCUT2D eigenvalue weighted by atomic mass is 10.1. The normalized spacial score (nSPS) is 12.9. The van der Waals surface area contributed by atoms with E-state index in [1.54, 1.807) is 24.3 Å². The number of hydrogen-bond donors (Lipinski definition) is 1. The first-order chi connectivity index (χ1) is 12.6. The van der Waals surface area contributed by atoms with Crippen LogP contribution in [0.3, 0.4) is 0 Å². The monoisotopic (exact) mass is 350 g/mol. The minimum absolute atomic E-state index is 0.0238. The lowest BCUT2D eigenvalue weighted by Crippen LogP contribution is -2.16. The van der Waals surface area contributed by atoms with Crippen molar-refractivity contribution in [3.05, 3.63) is 53.1 Å². The van der Waals surface area contributed by atoms with Crippen molar-refractivity contribution in [3.8, 4) is 23.3 Å². The predicted molar refractivity (Wildman–Crippen MR) is 97.4 cm³/mol. The lowest BCUT2D eigenvalue weighted by Gasteiger charge is -2.21. The summed E-state index contributed by atoms with van der Waals surface area (Å²) in [4.78, 5) is 12.4. The maximum atomic E-state index is 12.4. The smallest absolute Gasteiger partial charge is 0.266 e. The summed E-state index contributed by atoms with van der Waals surface area (Å²) < 4.78 is 16.4. The Morgan fingerprint density at radius 1 is 1.23 bits per heavy atom. The molecule has 6 heteroatoms. The lowest BCUT2D eigenvalue weighted by molar-refractivity contribution is -0.112. The van der Waals surface area contributed by atoms with Crippen LogP contribution >= 0.6 is 0 Å². The number of hydrogen-bond acceptors (Lipinski definition) is 5. The van der Waals surface area contributed by atoms with Crippen LogP contribution in [0.5, 0.6) is 17.2 Å². The van der Waals surface area contributed by atoms with Crippen molar-refractivity contribution in [2.75, 3.05) is 25.6 Å². The highest BCUT2D eigenvalue weighted by atomic mass is 16.6. The number of ether oxygens (including phenoxy) is 3. The van der Waals surface area contributed by atoms with Gasteiger partial charge in [0.1, 0.15) is 24.9 Å². The molecule has 0 aromatic heterocycles. The van der Waals surface area contributed by atoms with Crippen molar-refractivity contribution in [2.45, 2.75) is 6.92 Å². The number of fused-ring (bicyclic) bond motifs is 1. The first kappa shape index (κ1) is 17.4. The van der Waals surface area contributed by atoms with Crippen molar-refractivity contribution in [1.29, 1.82) is 5.26 Å². The van der Waals surface area contributed by atoms with Gasteiger partial charge in [0.15, 0.2) is 11.5 Å². The fourth-order valence-corrected chi connectivity index (χ4v) is 2.53. The van der Waals surface area contributed by atoms with E-state index in [0.717, 1.165) is 5.56 Å². The van der Waals surface area contributed by atoms with Gasteiger partial charge >= 0.3 is 0 Å². The summed E-state index contributed by atoms with van der Waals surface area (Å²) in [6.45, 7) is 2.84. The van der Waals surface area contributed by atoms with Gasteiger partial charge in [-0.05, 0) is 42.8 Å².